The van der Waals surface area contributed by atoms with Gasteiger partial charge in [-0.05, 0) is 19.3 Å². The van der Waals surface area contributed by atoms with E-state index < -0.39 is 30.5 Å². The molecule has 0 N–H and O–H groups in total. The predicted octanol–water partition coefficient (Wildman–Crippen LogP) is 2.11. The number of carbonyl (C=O) groups excluding carboxylic acids is 1. The maximum atomic E-state index is 12.1. The van der Waals surface area contributed by atoms with E-state index in [4.69, 9.17) is 0 Å². The van der Waals surface area contributed by atoms with Crippen molar-refractivity contribution in [3.63, 3.8) is 0 Å². The summed E-state index contributed by atoms with van der Waals surface area (Å²) in [4.78, 5) is 10.8. The molecule has 0 aliphatic carbocycles. The molecule has 0 aromatic heterocycles. The lowest BCUT2D eigenvalue weighted by Crippen LogP contribution is -2.71. The zero-order chi connectivity index (χ0) is 15.3. The minimum Gasteiger partial charge on any atom is -0.828 e. The monoisotopic (exact) mass is 293 g/mol. The van der Waals surface area contributed by atoms with Gasteiger partial charge in [0.05, 0.1) is 6.61 Å². The molecule has 0 bridgehead atoms. The zero-order valence-corrected chi connectivity index (χ0v) is 9.61. The van der Waals surface area contributed by atoms with Crippen molar-refractivity contribution in [1.29, 1.82) is 0 Å². The van der Waals surface area contributed by atoms with Gasteiger partial charge in [0, 0.05) is 0 Å². The van der Waals surface area contributed by atoms with Crippen LogP contribution < -0.4 is 5.11 Å². The average molecular weight is 293 g/mol. The Hall–Kier alpha value is -1.25. The topological polar surface area (TPSA) is 49.4 Å². The summed E-state index contributed by atoms with van der Waals surface area (Å²) >= 11 is 0. The smallest absolute Gasteiger partial charge is 0.399 e. The van der Waals surface area contributed by atoms with Crippen LogP contribution in [-0.4, -0.2) is 30.5 Å². The first-order valence-electron chi connectivity index (χ1n) is 5.10. The number of hydrogen-bond acceptors (Lipinski definition) is 3. The van der Waals surface area contributed by atoms with Crippen LogP contribution in [0, 0.1) is 0 Å². The summed E-state index contributed by atoms with van der Waals surface area (Å²) in [6.07, 6.45) is -10.3. The second-order valence-electron chi connectivity index (χ2n) is 3.60. The predicted molar refractivity (Wildman–Crippen MR) is 49.8 cm³/mol. The Morgan fingerprint density at radius 1 is 1.11 bits per heavy atom. The molecule has 3 nitrogen and oxygen atoms in total. The summed E-state index contributed by atoms with van der Waals surface area (Å²) in [5.41, 5.74) is -5.75. The molecule has 0 unspecified atom stereocenters. The number of allylic oxidation sites excluding steroid dienone is 1. The van der Waals surface area contributed by atoms with E-state index in [2.05, 4.69) is 11.3 Å². The summed E-state index contributed by atoms with van der Waals surface area (Å²) in [6, 6.07) is 0. The number of ether oxygens (including phenoxy) is 1. The summed E-state index contributed by atoms with van der Waals surface area (Å²) in [5.74, 6) is -2.88. The van der Waals surface area contributed by atoms with Gasteiger partial charge in [0.2, 0.25) is 0 Å². The molecule has 0 saturated carbocycles. The molecule has 19 heavy (non-hydrogen) atoms. The van der Waals surface area contributed by atoms with Crippen molar-refractivity contribution in [3.05, 3.63) is 12.7 Å². The van der Waals surface area contributed by atoms with Crippen LogP contribution in [0.15, 0.2) is 12.7 Å². The van der Waals surface area contributed by atoms with Gasteiger partial charge in [0.25, 0.3) is 0 Å². The molecule has 9 heteroatoms. The average Bonchev–Trinajstić information content (AvgIpc) is 2.24. The Labute approximate surface area is 104 Å². The minimum atomic E-state index is -6.32. The molecule has 0 saturated heterocycles. The van der Waals surface area contributed by atoms with Crippen LogP contribution in [0.25, 0.3) is 0 Å². The van der Waals surface area contributed by atoms with Gasteiger partial charge in [0.1, 0.15) is 0 Å². The molecule has 0 aromatic carbocycles. The fourth-order valence-corrected chi connectivity index (χ4v) is 1.05. The number of unbranched alkanes of at least 4 members (excludes halogenated alkanes) is 2. The lowest BCUT2D eigenvalue weighted by molar-refractivity contribution is -0.574. The molecule has 0 radical (unpaired) electrons. The van der Waals surface area contributed by atoms with Gasteiger partial charge in [-0.1, -0.05) is 6.08 Å². The molecule has 0 rings (SSSR count). The SMILES string of the molecule is C=CCCCCOC(=O)C([O-])(C(F)(F)F)C(F)(F)F. The van der Waals surface area contributed by atoms with Crippen LogP contribution in [-0.2, 0) is 9.53 Å². The zero-order valence-electron chi connectivity index (χ0n) is 9.61. The maximum absolute atomic E-state index is 12.1. The van der Waals surface area contributed by atoms with Crippen LogP contribution in [0.1, 0.15) is 19.3 Å². The van der Waals surface area contributed by atoms with E-state index >= 15 is 0 Å². The minimum absolute atomic E-state index is 0.0313. The Kier molecular flexibility index (Phi) is 5.85. The lowest BCUT2D eigenvalue weighted by atomic mass is 10.0. The molecule has 0 heterocycles. The summed E-state index contributed by atoms with van der Waals surface area (Å²) < 4.78 is 76.6. The summed E-state index contributed by atoms with van der Waals surface area (Å²) in [6.45, 7) is 2.65. The summed E-state index contributed by atoms with van der Waals surface area (Å²) in [7, 11) is 0. The van der Waals surface area contributed by atoms with Crippen molar-refractivity contribution in [2.45, 2.75) is 37.2 Å². The normalized spacial score (nSPS) is 13.2. The van der Waals surface area contributed by atoms with E-state index in [-0.39, 0.29) is 6.42 Å². The number of carbonyl (C=O) groups is 1. The van der Waals surface area contributed by atoms with Crippen molar-refractivity contribution in [1.82, 2.24) is 0 Å². The maximum Gasteiger partial charge on any atom is 0.399 e. The Bertz CT molecular complexity index is 306. The van der Waals surface area contributed by atoms with E-state index in [1.807, 2.05) is 0 Å². The number of esters is 1. The van der Waals surface area contributed by atoms with Gasteiger partial charge in [-0.3, -0.25) is 4.79 Å². The number of rotatable bonds is 6. The third-order valence-electron chi connectivity index (χ3n) is 2.12. The molecule has 112 valence electrons. The number of halogens is 6. The molecular weight excluding hydrogens is 282 g/mol. The Balaban J connectivity index is 4.74. The third kappa shape index (κ3) is 4.12. The van der Waals surface area contributed by atoms with Gasteiger partial charge >= 0.3 is 18.3 Å². The second kappa shape index (κ2) is 6.27. The molecule has 0 aliphatic rings. The first-order valence-corrected chi connectivity index (χ1v) is 5.10. The van der Waals surface area contributed by atoms with E-state index in [1.165, 1.54) is 6.08 Å². The highest BCUT2D eigenvalue weighted by Crippen LogP contribution is 2.41. The number of hydrogen-bond donors (Lipinski definition) is 0. The Morgan fingerprint density at radius 2 is 1.58 bits per heavy atom. The standard InChI is InChI=1S/C10H11F6O3/c1-2-3-4-5-6-19-7(17)8(18,9(11,12)13)10(14,15)16/h2H,1,3-6H2/q-1. The molecule has 0 fully saturated rings. The van der Waals surface area contributed by atoms with Crippen LogP contribution in [0.5, 0.6) is 0 Å². The second-order valence-corrected chi connectivity index (χ2v) is 3.60. The van der Waals surface area contributed by atoms with Crippen molar-refractivity contribution in [3.8, 4) is 0 Å². The largest absolute Gasteiger partial charge is 0.828 e. The quantitative estimate of drug-likeness (QED) is 0.326. The Morgan fingerprint density at radius 3 is 1.95 bits per heavy atom. The lowest BCUT2D eigenvalue weighted by Gasteiger charge is -2.40. The molecule has 0 spiro atoms. The van der Waals surface area contributed by atoms with E-state index in [1.54, 1.807) is 0 Å². The third-order valence-corrected chi connectivity index (χ3v) is 2.12. The first kappa shape index (κ1) is 17.8. The van der Waals surface area contributed by atoms with Gasteiger partial charge < -0.3 is 9.84 Å². The van der Waals surface area contributed by atoms with E-state index in [0.717, 1.165) is 0 Å². The molecule has 0 aliphatic heterocycles. The van der Waals surface area contributed by atoms with Gasteiger partial charge in [-0.25, -0.2) is 0 Å². The van der Waals surface area contributed by atoms with Gasteiger partial charge in [-0.15, -0.1) is 6.58 Å². The van der Waals surface area contributed by atoms with Crippen LogP contribution >= 0.6 is 0 Å². The van der Waals surface area contributed by atoms with Crippen LogP contribution in [0.4, 0.5) is 26.3 Å². The van der Waals surface area contributed by atoms with E-state index in [0.29, 0.717) is 12.8 Å². The molecule has 0 aromatic rings. The van der Waals surface area contributed by atoms with Crippen LogP contribution in [0.3, 0.4) is 0 Å². The summed E-state index contributed by atoms with van der Waals surface area (Å²) in [5, 5.41) is 10.8. The van der Waals surface area contributed by atoms with Gasteiger partial charge in [0.15, 0.2) is 5.60 Å². The van der Waals surface area contributed by atoms with Crippen molar-refractivity contribution < 1.29 is 41.0 Å². The fraction of sp³-hybridized carbons (Fsp3) is 0.700. The van der Waals surface area contributed by atoms with Crippen molar-refractivity contribution in [2.75, 3.05) is 6.61 Å². The molecule has 0 amide bonds. The van der Waals surface area contributed by atoms with E-state index in [9.17, 15) is 36.2 Å². The van der Waals surface area contributed by atoms with Crippen molar-refractivity contribution >= 4 is 5.97 Å². The fourth-order valence-electron chi connectivity index (χ4n) is 1.05. The highest BCUT2D eigenvalue weighted by Gasteiger charge is 2.68. The van der Waals surface area contributed by atoms with Gasteiger partial charge in [-0.2, -0.15) is 26.3 Å². The highest BCUT2D eigenvalue weighted by atomic mass is 19.4. The molecule has 0 atom stereocenters. The van der Waals surface area contributed by atoms with Crippen molar-refractivity contribution in [2.24, 2.45) is 0 Å². The first-order chi connectivity index (χ1) is 8.48. The number of alkyl halides is 6. The highest BCUT2D eigenvalue weighted by molar-refractivity contribution is 5.81. The molecular formula is C10H11F6O3-. The van der Waals surface area contributed by atoms with Crippen LogP contribution in [0.2, 0.25) is 0 Å².